The summed E-state index contributed by atoms with van der Waals surface area (Å²) in [6.07, 6.45) is 6.30. The first kappa shape index (κ1) is 17.8. The summed E-state index contributed by atoms with van der Waals surface area (Å²) in [5.41, 5.74) is 1.24. The van der Waals surface area contributed by atoms with Gasteiger partial charge in [0.15, 0.2) is 0 Å². The van der Waals surface area contributed by atoms with Crippen molar-refractivity contribution in [3.05, 3.63) is 29.8 Å². The number of carbonyl (C=O) groups excluding carboxylic acids is 2. The van der Waals surface area contributed by atoms with Crippen LogP contribution in [0.4, 0.5) is 0 Å². The normalized spacial score (nSPS) is 20.7. The lowest BCUT2D eigenvalue weighted by Crippen LogP contribution is -2.39. The number of nitrogens with zero attached hydrogens (tertiary/aromatic N) is 1. The smallest absolute Gasteiger partial charge is 0.241 e. The summed E-state index contributed by atoms with van der Waals surface area (Å²) in [6.45, 7) is 1.61. The zero-order valence-corrected chi connectivity index (χ0v) is 15.0. The molecule has 1 saturated carbocycles. The number of rotatable bonds is 6. The van der Waals surface area contributed by atoms with Gasteiger partial charge in [0, 0.05) is 25.4 Å². The molecule has 0 radical (unpaired) electrons. The van der Waals surface area contributed by atoms with E-state index in [4.69, 9.17) is 4.74 Å². The number of hydrogen-bond donors (Lipinski definition) is 1. The Morgan fingerprint density at radius 2 is 1.88 bits per heavy atom. The van der Waals surface area contributed by atoms with Crippen molar-refractivity contribution in [1.29, 1.82) is 0 Å². The van der Waals surface area contributed by atoms with Crippen LogP contribution in [-0.2, 0) is 9.59 Å². The molecule has 0 aromatic heterocycles. The van der Waals surface area contributed by atoms with E-state index in [1.54, 1.807) is 7.11 Å². The molecule has 1 atom stereocenters. The molecule has 1 aromatic rings. The standard InChI is InChI=1S/C20H28N2O3/c1-25-18-8-6-16(7-9-18)17-10-11-22(14-17)20(24)13-21-19(23)12-15-4-2-3-5-15/h6-9,15,17H,2-5,10-14H2,1H3,(H,21,23)/t17-/m1/s1. The lowest BCUT2D eigenvalue weighted by atomic mass is 9.98. The zero-order chi connectivity index (χ0) is 17.6. The Kier molecular flexibility index (Phi) is 5.95. The van der Waals surface area contributed by atoms with Crippen LogP contribution in [0.5, 0.6) is 5.75 Å². The molecule has 5 heteroatoms. The van der Waals surface area contributed by atoms with Crippen LogP contribution < -0.4 is 10.1 Å². The van der Waals surface area contributed by atoms with Crippen LogP contribution in [0, 0.1) is 5.92 Å². The Morgan fingerprint density at radius 1 is 1.16 bits per heavy atom. The highest BCUT2D eigenvalue weighted by Crippen LogP contribution is 2.29. The van der Waals surface area contributed by atoms with Crippen LogP contribution in [0.15, 0.2) is 24.3 Å². The fraction of sp³-hybridized carbons (Fsp3) is 0.600. The maximum atomic E-state index is 12.4. The molecule has 1 aliphatic heterocycles. The van der Waals surface area contributed by atoms with Crippen molar-refractivity contribution >= 4 is 11.8 Å². The van der Waals surface area contributed by atoms with Gasteiger partial charge in [-0.05, 0) is 42.9 Å². The zero-order valence-electron chi connectivity index (χ0n) is 15.0. The second-order valence-corrected chi connectivity index (χ2v) is 7.23. The third-order valence-electron chi connectivity index (χ3n) is 5.51. The molecule has 2 aliphatic rings. The molecular formula is C20H28N2O3. The van der Waals surface area contributed by atoms with Crippen molar-refractivity contribution in [3.8, 4) is 5.75 Å². The lowest BCUT2D eigenvalue weighted by molar-refractivity contribution is -0.132. The van der Waals surface area contributed by atoms with E-state index in [1.165, 1.54) is 18.4 Å². The van der Waals surface area contributed by atoms with Gasteiger partial charge < -0.3 is 15.0 Å². The summed E-state index contributed by atoms with van der Waals surface area (Å²) >= 11 is 0. The number of nitrogens with one attached hydrogen (secondary N) is 1. The molecule has 1 aromatic carbocycles. The minimum absolute atomic E-state index is 0.0196. The van der Waals surface area contributed by atoms with E-state index >= 15 is 0 Å². The largest absolute Gasteiger partial charge is 0.497 e. The number of amides is 2. The summed E-state index contributed by atoms with van der Waals surface area (Å²) < 4.78 is 5.19. The predicted molar refractivity (Wildman–Crippen MR) is 96.5 cm³/mol. The third kappa shape index (κ3) is 4.74. The topological polar surface area (TPSA) is 58.6 Å². The molecule has 3 rings (SSSR count). The molecule has 25 heavy (non-hydrogen) atoms. The SMILES string of the molecule is COc1ccc([C@@H]2CCN(C(=O)CNC(=O)CC3CCCC3)C2)cc1. The predicted octanol–water partition coefficient (Wildman–Crippen LogP) is 2.71. The van der Waals surface area contributed by atoms with Gasteiger partial charge >= 0.3 is 0 Å². The average Bonchev–Trinajstić information content (AvgIpc) is 3.31. The quantitative estimate of drug-likeness (QED) is 0.863. The molecule has 2 fully saturated rings. The summed E-state index contributed by atoms with van der Waals surface area (Å²) in [5, 5.41) is 2.81. The molecular weight excluding hydrogens is 316 g/mol. The van der Waals surface area contributed by atoms with Crippen molar-refractivity contribution in [2.45, 2.75) is 44.4 Å². The van der Waals surface area contributed by atoms with Crippen LogP contribution in [0.3, 0.4) is 0 Å². The van der Waals surface area contributed by atoms with E-state index in [0.29, 0.717) is 18.3 Å². The highest BCUT2D eigenvalue weighted by atomic mass is 16.5. The van der Waals surface area contributed by atoms with Crippen LogP contribution >= 0.6 is 0 Å². The number of hydrogen-bond acceptors (Lipinski definition) is 3. The van der Waals surface area contributed by atoms with Crippen molar-refractivity contribution in [2.24, 2.45) is 5.92 Å². The van der Waals surface area contributed by atoms with Gasteiger partial charge in [0.2, 0.25) is 11.8 Å². The molecule has 1 aliphatic carbocycles. The second-order valence-electron chi connectivity index (χ2n) is 7.23. The van der Waals surface area contributed by atoms with Gasteiger partial charge in [-0.2, -0.15) is 0 Å². The summed E-state index contributed by atoms with van der Waals surface area (Å²) in [7, 11) is 1.66. The second kappa shape index (κ2) is 8.37. The summed E-state index contributed by atoms with van der Waals surface area (Å²) in [4.78, 5) is 26.2. The highest BCUT2D eigenvalue weighted by Gasteiger charge is 2.27. The molecule has 1 saturated heterocycles. The van der Waals surface area contributed by atoms with Gasteiger partial charge in [-0.15, -0.1) is 0 Å². The van der Waals surface area contributed by atoms with Crippen LogP contribution in [-0.4, -0.2) is 43.5 Å². The fourth-order valence-corrected chi connectivity index (χ4v) is 3.97. The first-order chi connectivity index (χ1) is 12.2. The lowest BCUT2D eigenvalue weighted by Gasteiger charge is -2.17. The molecule has 0 spiro atoms. The van der Waals surface area contributed by atoms with Crippen LogP contribution in [0.25, 0.3) is 0 Å². The van der Waals surface area contributed by atoms with Gasteiger partial charge in [0.1, 0.15) is 5.75 Å². The molecule has 0 bridgehead atoms. The Bertz CT molecular complexity index is 593. The summed E-state index contributed by atoms with van der Waals surface area (Å²) in [5.74, 6) is 1.77. The maximum Gasteiger partial charge on any atom is 0.241 e. The van der Waals surface area contributed by atoms with Crippen molar-refractivity contribution in [2.75, 3.05) is 26.7 Å². The van der Waals surface area contributed by atoms with E-state index in [9.17, 15) is 9.59 Å². The van der Waals surface area contributed by atoms with Crippen molar-refractivity contribution in [3.63, 3.8) is 0 Å². The Labute approximate surface area is 149 Å². The monoisotopic (exact) mass is 344 g/mol. The van der Waals surface area contributed by atoms with Gasteiger partial charge in [-0.3, -0.25) is 9.59 Å². The van der Waals surface area contributed by atoms with Gasteiger partial charge in [-0.1, -0.05) is 25.0 Å². The molecule has 1 heterocycles. The van der Waals surface area contributed by atoms with Crippen molar-refractivity contribution in [1.82, 2.24) is 10.2 Å². The molecule has 0 unspecified atom stereocenters. The highest BCUT2D eigenvalue weighted by molar-refractivity contribution is 5.85. The minimum Gasteiger partial charge on any atom is -0.497 e. The van der Waals surface area contributed by atoms with E-state index in [1.807, 2.05) is 17.0 Å². The summed E-state index contributed by atoms with van der Waals surface area (Å²) in [6, 6.07) is 8.06. The minimum atomic E-state index is 0.0196. The Balaban J connectivity index is 1.43. The molecule has 2 amide bonds. The molecule has 5 nitrogen and oxygen atoms in total. The fourth-order valence-electron chi connectivity index (χ4n) is 3.97. The first-order valence-corrected chi connectivity index (χ1v) is 9.34. The number of methoxy groups -OCH3 is 1. The van der Waals surface area contributed by atoms with Crippen molar-refractivity contribution < 1.29 is 14.3 Å². The number of likely N-dealkylation sites (tertiary alicyclic amines) is 1. The third-order valence-corrected chi connectivity index (χ3v) is 5.51. The van der Waals surface area contributed by atoms with Crippen LogP contribution in [0.1, 0.15) is 50.0 Å². The van der Waals surface area contributed by atoms with E-state index in [2.05, 4.69) is 17.4 Å². The first-order valence-electron chi connectivity index (χ1n) is 9.34. The van der Waals surface area contributed by atoms with Crippen LogP contribution in [0.2, 0.25) is 0 Å². The van der Waals surface area contributed by atoms with Gasteiger partial charge in [0.25, 0.3) is 0 Å². The molecule has 1 N–H and O–H groups in total. The number of ether oxygens (including phenoxy) is 1. The maximum absolute atomic E-state index is 12.4. The van der Waals surface area contributed by atoms with E-state index in [0.717, 1.165) is 38.1 Å². The van der Waals surface area contributed by atoms with E-state index in [-0.39, 0.29) is 18.4 Å². The van der Waals surface area contributed by atoms with Gasteiger partial charge in [0.05, 0.1) is 13.7 Å². The average molecular weight is 344 g/mol. The van der Waals surface area contributed by atoms with E-state index < -0.39 is 0 Å². The van der Waals surface area contributed by atoms with Gasteiger partial charge in [-0.25, -0.2) is 0 Å². The molecule has 136 valence electrons. The number of benzene rings is 1. The number of carbonyl (C=O) groups is 2. The Morgan fingerprint density at radius 3 is 2.56 bits per heavy atom. The Hall–Kier alpha value is -2.04.